The summed E-state index contributed by atoms with van der Waals surface area (Å²) in [5.74, 6) is 1.72. The fraction of sp³-hybridized carbons (Fsp3) is 0.211. The molecule has 0 saturated heterocycles. The zero-order chi connectivity index (χ0) is 16.4. The van der Waals surface area contributed by atoms with Crippen LogP contribution in [0.3, 0.4) is 0 Å². The van der Waals surface area contributed by atoms with E-state index in [1.807, 2.05) is 18.2 Å². The lowest BCUT2D eigenvalue weighted by molar-refractivity contribution is 0.316. The van der Waals surface area contributed by atoms with Crippen molar-refractivity contribution in [3.8, 4) is 17.1 Å². The Morgan fingerprint density at radius 3 is 3.00 bits per heavy atom. The highest BCUT2D eigenvalue weighted by atomic mass is 79.9. The maximum atomic E-state index is 5.89. The van der Waals surface area contributed by atoms with Gasteiger partial charge in [-0.3, -0.25) is 0 Å². The number of fused-ring (bicyclic) bond motifs is 1. The quantitative estimate of drug-likeness (QED) is 0.653. The summed E-state index contributed by atoms with van der Waals surface area (Å²) >= 11 is 3.52. The molecule has 24 heavy (non-hydrogen) atoms. The van der Waals surface area contributed by atoms with E-state index in [1.165, 1.54) is 12.0 Å². The molecule has 1 aromatic heterocycles. The van der Waals surface area contributed by atoms with E-state index in [0.717, 1.165) is 46.7 Å². The van der Waals surface area contributed by atoms with E-state index in [9.17, 15) is 0 Å². The Balaban J connectivity index is 1.63. The molecule has 0 bridgehead atoms. The SMILES string of the molecule is Brc1ccc2c(c1)OCCCC2Nc1cccc(-c2cnco2)c1. The van der Waals surface area contributed by atoms with Gasteiger partial charge in [-0.15, -0.1) is 0 Å². The van der Waals surface area contributed by atoms with E-state index in [2.05, 4.69) is 50.5 Å². The number of hydrogen-bond donors (Lipinski definition) is 1. The van der Waals surface area contributed by atoms with Crippen LogP contribution in [0.2, 0.25) is 0 Å². The number of anilines is 1. The largest absolute Gasteiger partial charge is 0.493 e. The molecule has 0 spiro atoms. The van der Waals surface area contributed by atoms with Gasteiger partial charge in [-0.05, 0) is 37.1 Å². The molecule has 0 radical (unpaired) electrons. The molecule has 1 atom stereocenters. The van der Waals surface area contributed by atoms with Crippen molar-refractivity contribution in [2.45, 2.75) is 18.9 Å². The van der Waals surface area contributed by atoms with Gasteiger partial charge in [0.15, 0.2) is 12.2 Å². The lowest BCUT2D eigenvalue weighted by Crippen LogP contribution is -2.10. The third-order valence-corrected chi connectivity index (χ3v) is 4.66. The molecule has 3 aromatic rings. The monoisotopic (exact) mass is 384 g/mol. The Morgan fingerprint density at radius 2 is 2.12 bits per heavy atom. The van der Waals surface area contributed by atoms with Crippen molar-refractivity contribution >= 4 is 21.6 Å². The molecular weight excluding hydrogens is 368 g/mol. The van der Waals surface area contributed by atoms with E-state index in [4.69, 9.17) is 9.15 Å². The highest BCUT2D eigenvalue weighted by Crippen LogP contribution is 2.36. The molecule has 122 valence electrons. The third-order valence-electron chi connectivity index (χ3n) is 4.17. The zero-order valence-corrected chi connectivity index (χ0v) is 14.6. The summed E-state index contributed by atoms with van der Waals surface area (Å²) in [6, 6.07) is 14.7. The first-order valence-corrected chi connectivity index (χ1v) is 8.76. The van der Waals surface area contributed by atoms with Crippen molar-refractivity contribution in [2.75, 3.05) is 11.9 Å². The topological polar surface area (TPSA) is 47.3 Å². The highest BCUT2D eigenvalue weighted by Gasteiger charge is 2.20. The number of halogens is 1. The number of nitrogens with zero attached hydrogens (tertiary/aromatic N) is 1. The number of benzene rings is 2. The predicted molar refractivity (Wildman–Crippen MR) is 97.2 cm³/mol. The summed E-state index contributed by atoms with van der Waals surface area (Å²) in [4.78, 5) is 3.99. The summed E-state index contributed by atoms with van der Waals surface area (Å²) < 4.78 is 12.3. The van der Waals surface area contributed by atoms with Gasteiger partial charge < -0.3 is 14.5 Å². The Labute approximate surface area is 149 Å². The Kier molecular flexibility index (Phi) is 4.26. The smallest absolute Gasteiger partial charge is 0.181 e. The summed E-state index contributed by atoms with van der Waals surface area (Å²) in [6.07, 6.45) is 5.23. The van der Waals surface area contributed by atoms with Crippen LogP contribution < -0.4 is 10.1 Å². The Morgan fingerprint density at radius 1 is 1.17 bits per heavy atom. The van der Waals surface area contributed by atoms with Crippen molar-refractivity contribution in [1.82, 2.24) is 4.98 Å². The number of rotatable bonds is 3. The molecule has 1 N–H and O–H groups in total. The molecule has 4 rings (SSSR count). The third kappa shape index (κ3) is 3.17. The van der Waals surface area contributed by atoms with E-state index >= 15 is 0 Å². The second-order valence-corrected chi connectivity index (χ2v) is 6.73. The average molecular weight is 385 g/mol. The molecule has 2 heterocycles. The molecule has 2 aromatic carbocycles. The van der Waals surface area contributed by atoms with Crippen LogP contribution in [0.15, 0.2) is 63.9 Å². The second-order valence-electron chi connectivity index (χ2n) is 5.82. The van der Waals surface area contributed by atoms with Crippen LogP contribution in [0.1, 0.15) is 24.4 Å². The highest BCUT2D eigenvalue weighted by molar-refractivity contribution is 9.10. The number of hydrogen-bond acceptors (Lipinski definition) is 4. The van der Waals surface area contributed by atoms with Gasteiger partial charge in [0.1, 0.15) is 5.75 Å². The Hall–Kier alpha value is -2.27. The van der Waals surface area contributed by atoms with Gasteiger partial charge in [-0.1, -0.05) is 34.1 Å². The maximum Gasteiger partial charge on any atom is 0.181 e. The van der Waals surface area contributed by atoms with Gasteiger partial charge in [0, 0.05) is 21.3 Å². The van der Waals surface area contributed by atoms with E-state index in [0.29, 0.717) is 0 Å². The first kappa shape index (κ1) is 15.3. The molecule has 0 amide bonds. The Bertz CT molecular complexity index is 833. The van der Waals surface area contributed by atoms with Crippen LogP contribution in [0.5, 0.6) is 5.75 Å². The molecule has 0 saturated carbocycles. The van der Waals surface area contributed by atoms with Gasteiger partial charge in [-0.2, -0.15) is 0 Å². The van der Waals surface area contributed by atoms with Gasteiger partial charge in [0.05, 0.1) is 18.8 Å². The second kappa shape index (κ2) is 6.69. The summed E-state index contributed by atoms with van der Waals surface area (Å²) in [6.45, 7) is 0.750. The molecule has 1 aliphatic heterocycles. The zero-order valence-electron chi connectivity index (χ0n) is 13.0. The standard InChI is InChI=1S/C19H17BrN2O2/c20-14-6-7-16-17(5-2-8-23-18(16)10-14)22-15-4-1-3-13(9-15)19-11-21-12-24-19/h1,3-4,6-7,9-12,17,22H,2,5,8H2. The van der Waals surface area contributed by atoms with Gasteiger partial charge >= 0.3 is 0 Å². The van der Waals surface area contributed by atoms with Crippen molar-refractivity contribution in [1.29, 1.82) is 0 Å². The van der Waals surface area contributed by atoms with Crippen molar-refractivity contribution < 1.29 is 9.15 Å². The van der Waals surface area contributed by atoms with Gasteiger partial charge in [-0.25, -0.2) is 4.98 Å². The average Bonchev–Trinajstić information content (AvgIpc) is 3.06. The molecule has 4 nitrogen and oxygen atoms in total. The van der Waals surface area contributed by atoms with E-state index < -0.39 is 0 Å². The number of aromatic nitrogens is 1. The molecule has 1 aliphatic rings. The summed E-state index contributed by atoms with van der Waals surface area (Å²) in [5.41, 5.74) is 3.27. The fourth-order valence-corrected chi connectivity index (χ4v) is 3.36. The molecule has 5 heteroatoms. The first-order chi connectivity index (χ1) is 11.8. The minimum absolute atomic E-state index is 0.223. The van der Waals surface area contributed by atoms with Crippen molar-refractivity contribution in [3.05, 3.63) is 65.1 Å². The van der Waals surface area contributed by atoms with Crippen LogP contribution >= 0.6 is 15.9 Å². The lowest BCUT2D eigenvalue weighted by Gasteiger charge is -2.20. The number of ether oxygens (including phenoxy) is 1. The summed E-state index contributed by atoms with van der Waals surface area (Å²) in [5, 5.41) is 3.64. The number of oxazole rings is 1. The van der Waals surface area contributed by atoms with Crippen LogP contribution in [0.4, 0.5) is 5.69 Å². The predicted octanol–water partition coefficient (Wildman–Crippen LogP) is 5.43. The summed E-state index contributed by atoms with van der Waals surface area (Å²) in [7, 11) is 0. The van der Waals surface area contributed by atoms with Gasteiger partial charge in [0.2, 0.25) is 0 Å². The van der Waals surface area contributed by atoms with Crippen LogP contribution in [-0.4, -0.2) is 11.6 Å². The molecule has 1 unspecified atom stereocenters. The molecular formula is C19H17BrN2O2. The minimum Gasteiger partial charge on any atom is -0.493 e. The first-order valence-electron chi connectivity index (χ1n) is 7.97. The maximum absolute atomic E-state index is 5.89. The molecule has 0 fully saturated rings. The van der Waals surface area contributed by atoms with Crippen molar-refractivity contribution in [3.63, 3.8) is 0 Å². The van der Waals surface area contributed by atoms with Crippen LogP contribution in [0, 0.1) is 0 Å². The molecule has 0 aliphatic carbocycles. The van der Waals surface area contributed by atoms with E-state index in [1.54, 1.807) is 6.20 Å². The fourth-order valence-electron chi connectivity index (χ4n) is 3.02. The van der Waals surface area contributed by atoms with Gasteiger partial charge in [0.25, 0.3) is 0 Å². The number of nitrogens with one attached hydrogen (secondary N) is 1. The normalized spacial score (nSPS) is 16.8. The van der Waals surface area contributed by atoms with Crippen molar-refractivity contribution in [2.24, 2.45) is 0 Å². The lowest BCUT2D eigenvalue weighted by atomic mass is 10.0. The van der Waals surface area contributed by atoms with E-state index in [-0.39, 0.29) is 6.04 Å². The van der Waals surface area contributed by atoms with Crippen LogP contribution in [0.25, 0.3) is 11.3 Å². The minimum atomic E-state index is 0.223. The van der Waals surface area contributed by atoms with Crippen LogP contribution in [-0.2, 0) is 0 Å².